The minimum absolute atomic E-state index is 0.557. The van der Waals surface area contributed by atoms with Crippen molar-refractivity contribution in [3.63, 3.8) is 0 Å². The monoisotopic (exact) mass is 417 g/mol. The first-order valence-corrected chi connectivity index (χ1v) is 10.4. The molecular formula is C20H23N3O3S2. The van der Waals surface area contributed by atoms with E-state index in [0.717, 1.165) is 38.1 Å². The molecule has 0 amide bonds. The fourth-order valence-electron chi connectivity index (χ4n) is 2.60. The van der Waals surface area contributed by atoms with E-state index in [0.29, 0.717) is 13.2 Å². The summed E-state index contributed by atoms with van der Waals surface area (Å²) in [5.74, 6) is 1.50. The fraction of sp³-hybridized carbons (Fsp3) is 0.250. The number of nitrogens with zero attached hydrogens (tertiary/aromatic N) is 2. The highest BCUT2D eigenvalue weighted by atomic mass is 32.1. The highest BCUT2D eigenvalue weighted by molar-refractivity contribution is 7.11. The lowest BCUT2D eigenvalue weighted by atomic mass is 10.1. The number of hydrogen-bond acceptors (Lipinski definition) is 7. The second-order valence-corrected chi connectivity index (χ2v) is 7.53. The van der Waals surface area contributed by atoms with E-state index in [9.17, 15) is 0 Å². The largest absolute Gasteiger partial charge is 0.497 e. The van der Waals surface area contributed by atoms with Gasteiger partial charge in [-0.3, -0.25) is 10.4 Å². The van der Waals surface area contributed by atoms with E-state index in [2.05, 4.69) is 17.0 Å². The predicted octanol–water partition coefficient (Wildman–Crippen LogP) is 4.06. The van der Waals surface area contributed by atoms with E-state index in [1.165, 1.54) is 11.3 Å². The maximum atomic E-state index is 5.58. The summed E-state index contributed by atoms with van der Waals surface area (Å²) < 4.78 is 18.0. The molecule has 28 heavy (non-hydrogen) atoms. The molecule has 0 saturated heterocycles. The number of methoxy groups -OCH3 is 3. The summed E-state index contributed by atoms with van der Waals surface area (Å²) in [4.78, 5) is 6.53. The lowest BCUT2D eigenvalue weighted by Gasteiger charge is -2.15. The molecule has 8 heteroatoms. The van der Waals surface area contributed by atoms with E-state index in [1.54, 1.807) is 32.7 Å². The number of thiazole rings is 1. The molecule has 0 aliphatic carbocycles. The molecule has 0 aliphatic rings. The van der Waals surface area contributed by atoms with Crippen LogP contribution in [0.5, 0.6) is 11.5 Å². The van der Waals surface area contributed by atoms with Crippen molar-refractivity contribution in [3.05, 3.63) is 57.3 Å². The number of benzene rings is 1. The molecule has 6 nitrogen and oxygen atoms in total. The van der Waals surface area contributed by atoms with Gasteiger partial charge >= 0.3 is 0 Å². The van der Waals surface area contributed by atoms with Crippen molar-refractivity contribution in [2.24, 2.45) is 4.99 Å². The van der Waals surface area contributed by atoms with E-state index >= 15 is 0 Å². The second-order valence-electron chi connectivity index (χ2n) is 5.75. The molecule has 3 aromatic rings. The fourth-order valence-corrected chi connectivity index (χ4v) is 4.12. The van der Waals surface area contributed by atoms with Crippen molar-refractivity contribution in [3.8, 4) is 22.8 Å². The van der Waals surface area contributed by atoms with Gasteiger partial charge in [0.1, 0.15) is 11.5 Å². The predicted molar refractivity (Wildman–Crippen MR) is 116 cm³/mol. The van der Waals surface area contributed by atoms with Crippen LogP contribution in [0.15, 0.2) is 52.7 Å². The van der Waals surface area contributed by atoms with Crippen LogP contribution in [0.25, 0.3) is 17.0 Å². The van der Waals surface area contributed by atoms with Gasteiger partial charge < -0.3 is 14.2 Å². The van der Waals surface area contributed by atoms with Crippen molar-refractivity contribution in [1.82, 2.24) is 4.68 Å². The zero-order valence-corrected chi connectivity index (χ0v) is 17.7. The number of aromatic nitrogens is 1. The van der Waals surface area contributed by atoms with Gasteiger partial charge in [0.15, 0.2) is 0 Å². The van der Waals surface area contributed by atoms with Gasteiger partial charge in [0.2, 0.25) is 4.80 Å². The molecule has 2 heterocycles. The van der Waals surface area contributed by atoms with Gasteiger partial charge in [0.05, 0.1) is 43.6 Å². The lowest BCUT2D eigenvalue weighted by Crippen LogP contribution is -2.25. The normalized spacial score (nSPS) is 11.5. The van der Waals surface area contributed by atoms with Crippen molar-refractivity contribution in [2.45, 2.75) is 0 Å². The third kappa shape index (κ3) is 4.46. The maximum absolute atomic E-state index is 5.58. The van der Waals surface area contributed by atoms with Gasteiger partial charge in [-0.25, -0.2) is 4.68 Å². The van der Waals surface area contributed by atoms with Crippen LogP contribution in [0.3, 0.4) is 0 Å². The van der Waals surface area contributed by atoms with Crippen LogP contribution < -0.4 is 19.7 Å². The Morgan fingerprint density at radius 1 is 1.18 bits per heavy atom. The molecule has 0 radical (unpaired) electrons. The first-order valence-electron chi connectivity index (χ1n) is 8.60. The Hall–Kier alpha value is -2.55. The second kappa shape index (κ2) is 9.59. The molecule has 148 valence electrons. The zero-order chi connectivity index (χ0) is 19.9. The van der Waals surface area contributed by atoms with Crippen LogP contribution in [0, 0.1) is 0 Å². The SMILES string of the molecule is C=C(Nn1c(-c2cc(OC)ccc2OC)csc1=NCCOC)c1cccs1. The van der Waals surface area contributed by atoms with Crippen LogP contribution in [-0.2, 0) is 4.74 Å². The average molecular weight is 418 g/mol. The Bertz CT molecular complexity index is 991. The molecule has 2 aromatic heterocycles. The standard InChI is InChI=1S/C20H23N3O3S2/c1-14(19-6-5-11-27-19)22-23-17(13-28-20(23)21-9-10-24-2)16-12-15(25-3)7-8-18(16)26-4/h5-8,11-13,22H,1,9-10H2,2-4H3. The number of hydrogen-bond donors (Lipinski definition) is 1. The van der Waals surface area contributed by atoms with E-state index in [-0.39, 0.29) is 0 Å². The summed E-state index contributed by atoms with van der Waals surface area (Å²) in [7, 11) is 4.97. The third-order valence-corrected chi connectivity index (χ3v) is 5.79. The van der Waals surface area contributed by atoms with Crippen LogP contribution >= 0.6 is 22.7 Å². The molecule has 1 aromatic carbocycles. The Balaban J connectivity index is 2.08. The van der Waals surface area contributed by atoms with Gasteiger partial charge in [0.25, 0.3) is 0 Å². The molecular weight excluding hydrogens is 394 g/mol. The van der Waals surface area contributed by atoms with Crippen molar-refractivity contribution in [2.75, 3.05) is 39.9 Å². The molecule has 0 unspecified atom stereocenters. The lowest BCUT2D eigenvalue weighted by molar-refractivity contribution is 0.207. The van der Waals surface area contributed by atoms with Crippen LogP contribution in [0.1, 0.15) is 4.88 Å². The van der Waals surface area contributed by atoms with Crippen LogP contribution in [0.4, 0.5) is 0 Å². The van der Waals surface area contributed by atoms with E-state index < -0.39 is 0 Å². The van der Waals surface area contributed by atoms with Crippen LogP contribution in [0.2, 0.25) is 0 Å². The summed E-state index contributed by atoms with van der Waals surface area (Å²) in [5.41, 5.74) is 6.00. The Kier molecular flexibility index (Phi) is 6.91. The Morgan fingerprint density at radius 3 is 2.71 bits per heavy atom. The topological polar surface area (TPSA) is 57.0 Å². The highest BCUT2D eigenvalue weighted by Crippen LogP contribution is 2.33. The van der Waals surface area contributed by atoms with Gasteiger partial charge in [-0.1, -0.05) is 12.6 Å². The third-order valence-electron chi connectivity index (χ3n) is 4.00. The molecule has 0 atom stereocenters. The summed E-state index contributed by atoms with van der Waals surface area (Å²) in [6.45, 7) is 5.31. The van der Waals surface area contributed by atoms with Gasteiger partial charge in [-0.05, 0) is 29.6 Å². The minimum atomic E-state index is 0.557. The first-order chi connectivity index (χ1) is 13.7. The molecule has 0 saturated carbocycles. The van der Waals surface area contributed by atoms with Gasteiger partial charge in [-0.15, -0.1) is 22.7 Å². The summed E-state index contributed by atoms with van der Waals surface area (Å²) in [6.07, 6.45) is 0. The molecule has 0 aliphatic heterocycles. The van der Waals surface area contributed by atoms with Gasteiger partial charge in [-0.2, -0.15) is 0 Å². The summed E-state index contributed by atoms with van der Waals surface area (Å²) >= 11 is 3.17. The smallest absolute Gasteiger partial charge is 0.204 e. The van der Waals surface area contributed by atoms with Crippen LogP contribution in [-0.4, -0.2) is 39.2 Å². The van der Waals surface area contributed by atoms with Crippen molar-refractivity contribution in [1.29, 1.82) is 0 Å². The molecule has 0 spiro atoms. The minimum Gasteiger partial charge on any atom is -0.497 e. The molecule has 3 rings (SSSR count). The number of rotatable bonds is 9. The average Bonchev–Trinajstić information content (AvgIpc) is 3.38. The van der Waals surface area contributed by atoms with Gasteiger partial charge in [0, 0.05) is 18.1 Å². The highest BCUT2D eigenvalue weighted by Gasteiger charge is 2.15. The van der Waals surface area contributed by atoms with E-state index in [1.807, 2.05) is 45.8 Å². The van der Waals surface area contributed by atoms with Crippen molar-refractivity contribution < 1.29 is 14.2 Å². The summed E-state index contributed by atoms with van der Waals surface area (Å²) in [5, 5.41) is 4.06. The van der Waals surface area contributed by atoms with Crippen molar-refractivity contribution >= 4 is 28.4 Å². The maximum Gasteiger partial charge on any atom is 0.204 e. The van der Waals surface area contributed by atoms with E-state index in [4.69, 9.17) is 14.2 Å². The molecule has 0 bridgehead atoms. The number of nitrogens with one attached hydrogen (secondary N) is 1. The zero-order valence-electron chi connectivity index (χ0n) is 16.1. The Labute approximate surface area is 172 Å². The molecule has 1 N–H and O–H groups in total. The quantitative estimate of drug-likeness (QED) is 0.534. The Morgan fingerprint density at radius 2 is 2.04 bits per heavy atom. The number of ether oxygens (including phenoxy) is 3. The molecule has 0 fully saturated rings. The summed E-state index contributed by atoms with van der Waals surface area (Å²) in [6, 6.07) is 9.75. The first kappa shape index (κ1) is 20.2. The number of thiophene rings is 1.